The second-order valence-electron chi connectivity index (χ2n) is 6.88. The highest BCUT2D eigenvalue weighted by Crippen LogP contribution is 2.36. The zero-order valence-electron chi connectivity index (χ0n) is 15.4. The normalized spacial score (nSPS) is 36.8. The molecule has 0 bridgehead atoms. The number of hydrogen-bond acceptors (Lipinski definition) is 6. The molecule has 0 aromatic heterocycles. The zero-order valence-corrected chi connectivity index (χ0v) is 15.4. The van der Waals surface area contributed by atoms with Crippen LogP contribution in [-0.2, 0) is 28.6 Å². The van der Waals surface area contributed by atoms with Gasteiger partial charge in [0, 0.05) is 26.2 Å². The summed E-state index contributed by atoms with van der Waals surface area (Å²) in [6, 6.07) is 0. The third kappa shape index (κ3) is 4.71. The summed E-state index contributed by atoms with van der Waals surface area (Å²) in [4.78, 5) is 34.9. The summed E-state index contributed by atoms with van der Waals surface area (Å²) in [6.45, 7) is 8.32. The maximum Gasteiger partial charge on any atom is 0.309 e. The van der Waals surface area contributed by atoms with Crippen LogP contribution in [0.2, 0.25) is 0 Å². The molecular formula is C19H26O6. The van der Waals surface area contributed by atoms with Gasteiger partial charge in [0.2, 0.25) is 0 Å². The highest BCUT2D eigenvalue weighted by molar-refractivity contribution is 5.75. The maximum atomic E-state index is 12.1. The van der Waals surface area contributed by atoms with Gasteiger partial charge in [-0.1, -0.05) is 13.0 Å². The molecular weight excluding hydrogens is 324 g/mol. The first kappa shape index (κ1) is 19.2. The fourth-order valence-electron chi connectivity index (χ4n) is 3.38. The molecule has 0 aromatic carbocycles. The van der Waals surface area contributed by atoms with Crippen LogP contribution in [0.4, 0.5) is 0 Å². The molecule has 0 spiro atoms. The molecule has 1 fully saturated rings. The maximum absolute atomic E-state index is 12.1. The van der Waals surface area contributed by atoms with Crippen LogP contribution in [0, 0.1) is 11.8 Å². The number of fused-ring (bicyclic) bond motifs is 1. The van der Waals surface area contributed by atoms with Crippen molar-refractivity contribution in [3.63, 3.8) is 0 Å². The molecule has 1 aliphatic carbocycles. The summed E-state index contributed by atoms with van der Waals surface area (Å²) in [7, 11) is 0. The molecule has 0 saturated carbocycles. The Morgan fingerprint density at radius 2 is 1.68 bits per heavy atom. The summed E-state index contributed by atoms with van der Waals surface area (Å²) >= 11 is 0. The highest BCUT2D eigenvalue weighted by atomic mass is 16.6. The van der Waals surface area contributed by atoms with E-state index in [0.29, 0.717) is 12.8 Å². The Morgan fingerprint density at radius 3 is 2.28 bits per heavy atom. The van der Waals surface area contributed by atoms with Crippen LogP contribution in [0.5, 0.6) is 0 Å². The molecule has 5 atom stereocenters. The lowest BCUT2D eigenvalue weighted by atomic mass is 9.83. The van der Waals surface area contributed by atoms with Crippen LogP contribution < -0.4 is 0 Å². The second kappa shape index (κ2) is 7.85. The fourth-order valence-corrected chi connectivity index (χ4v) is 3.38. The molecule has 1 saturated heterocycles. The summed E-state index contributed by atoms with van der Waals surface area (Å²) in [5.41, 5.74) is 1.73. The molecule has 1 heterocycles. The summed E-state index contributed by atoms with van der Waals surface area (Å²) in [6.07, 6.45) is 3.52. The fraction of sp³-hybridized carbons (Fsp3) is 0.632. The molecule has 0 radical (unpaired) electrons. The Hall–Kier alpha value is -2.11. The quantitative estimate of drug-likeness (QED) is 0.433. The van der Waals surface area contributed by atoms with Gasteiger partial charge >= 0.3 is 17.9 Å². The van der Waals surface area contributed by atoms with Crippen molar-refractivity contribution in [3.05, 3.63) is 23.3 Å². The van der Waals surface area contributed by atoms with Crippen molar-refractivity contribution in [2.45, 2.75) is 65.8 Å². The van der Waals surface area contributed by atoms with Gasteiger partial charge in [-0.15, -0.1) is 0 Å². The summed E-state index contributed by atoms with van der Waals surface area (Å²) in [5.74, 6) is -1.39. The van der Waals surface area contributed by atoms with E-state index >= 15 is 0 Å². The molecule has 0 aromatic rings. The van der Waals surface area contributed by atoms with Gasteiger partial charge in [-0.25, -0.2) is 0 Å². The predicted molar refractivity (Wildman–Crippen MR) is 90.4 cm³/mol. The van der Waals surface area contributed by atoms with E-state index in [1.807, 2.05) is 32.9 Å². The van der Waals surface area contributed by atoms with E-state index < -0.39 is 18.3 Å². The molecule has 0 unspecified atom stereocenters. The van der Waals surface area contributed by atoms with Crippen molar-refractivity contribution >= 4 is 17.9 Å². The smallest absolute Gasteiger partial charge is 0.309 e. The largest absolute Gasteiger partial charge is 0.458 e. The molecule has 138 valence electrons. The number of esters is 3. The van der Waals surface area contributed by atoms with E-state index in [0.717, 1.165) is 11.1 Å². The van der Waals surface area contributed by atoms with Gasteiger partial charge < -0.3 is 14.2 Å². The van der Waals surface area contributed by atoms with E-state index in [1.54, 1.807) is 0 Å². The van der Waals surface area contributed by atoms with E-state index in [4.69, 9.17) is 14.2 Å². The summed E-state index contributed by atoms with van der Waals surface area (Å²) in [5, 5.41) is 0. The number of rotatable bonds is 2. The van der Waals surface area contributed by atoms with Crippen LogP contribution in [0.25, 0.3) is 0 Å². The molecule has 6 heteroatoms. The van der Waals surface area contributed by atoms with Gasteiger partial charge in [-0.3, -0.25) is 14.4 Å². The minimum atomic E-state index is -0.432. The topological polar surface area (TPSA) is 78.9 Å². The lowest BCUT2D eigenvalue weighted by molar-refractivity contribution is -0.145. The van der Waals surface area contributed by atoms with Gasteiger partial charge in [0.05, 0.1) is 5.92 Å². The van der Waals surface area contributed by atoms with Crippen molar-refractivity contribution in [2.75, 3.05) is 0 Å². The van der Waals surface area contributed by atoms with Crippen molar-refractivity contribution < 1.29 is 28.6 Å². The van der Waals surface area contributed by atoms with E-state index in [1.165, 1.54) is 13.8 Å². The Bertz CT molecular complexity index is 617. The average Bonchev–Trinajstić information content (AvgIpc) is 2.76. The van der Waals surface area contributed by atoms with Gasteiger partial charge in [0.25, 0.3) is 0 Å². The molecule has 0 N–H and O–H groups in total. The van der Waals surface area contributed by atoms with Crippen molar-refractivity contribution in [1.82, 2.24) is 0 Å². The van der Waals surface area contributed by atoms with Gasteiger partial charge in [0.15, 0.2) is 0 Å². The first-order valence-corrected chi connectivity index (χ1v) is 8.59. The minimum absolute atomic E-state index is 0.105. The Morgan fingerprint density at radius 1 is 1.08 bits per heavy atom. The molecule has 2 rings (SSSR count). The first-order valence-electron chi connectivity index (χ1n) is 8.59. The molecule has 25 heavy (non-hydrogen) atoms. The third-order valence-electron chi connectivity index (χ3n) is 4.89. The van der Waals surface area contributed by atoms with Gasteiger partial charge in [-0.2, -0.15) is 0 Å². The Labute approximate surface area is 148 Å². The second-order valence-corrected chi connectivity index (χ2v) is 6.88. The van der Waals surface area contributed by atoms with Crippen LogP contribution >= 0.6 is 0 Å². The Balaban J connectivity index is 2.40. The SMILES string of the molecule is CC(=O)O[C@H]1C/C=C(\C)[C@H](OC(C)=O)C[C@@H]2[C@@H](/C=C/1C)OC(=O)[C@@H]2C. The van der Waals surface area contributed by atoms with Crippen LogP contribution in [0.15, 0.2) is 23.3 Å². The Kier molecular flexibility index (Phi) is 6.03. The molecule has 1 aliphatic heterocycles. The third-order valence-corrected chi connectivity index (χ3v) is 4.89. The monoisotopic (exact) mass is 350 g/mol. The first-order chi connectivity index (χ1) is 11.7. The van der Waals surface area contributed by atoms with Crippen LogP contribution in [-0.4, -0.2) is 36.2 Å². The number of hydrogen-bond donors (Lipinski definition) is 0. The van der Waals surface area contributed by atoms with Crippen LogP contribution in [0.1, 0.15) is 47.5 Å². The van der Waals surface area contributed by atoms with Gasteiger partial charge in [-0.05, 0) is 37.5 Å². The van der Waals surface area contributed by atoms with Gasteiger partial charge in [0.1, 0.15) is 18.3 Å². The molecule has 2 aliphatic rings. The predicted octanol–water partition coefficient (Wildman–Crippen LogP) is 2.71. The zero-order chi connectivity index (χ0) is 18.7. The molecule has 0 amide bonds. The molecule has 6 nitrogen and oxygen atoms in total. The van der Waals surface area contributed by atoms with E-state index in [2.05, 4.69) is 0 Å². The van der Waals surface area contributed by atoms with Crippen molar-refractivity contribution in [2.24, 2.45) is 11.8 Å². The van der Waals surface area contributed by atoms with E-state index in [9.17, 15) is 14.4 Å². The summed E-state index contributed by atoms with van der Waals surface area (Å²) < 4.78 is 16.4. The average molecular weight is 350 g/mol. The lowest BCUT2D eigenvalue weighted by Gasteiger charge is -2.27. The number of ether oxygens (including phenoxy) is 3. The number of carbonyl (C=O) groups is 3. The minimum Gasteiger partial charge on any atom is -0.458 e. The lowest BCUT2D eigenvalue weighted by Crippen LogP contribution is -2.29. The van der Waals surface area contributed by atoms with Crippen molar-refractivity contribution in [1.29, 1.82) is 0 Å². The van der Waals surface area contributed by atoms with Crippen LogP contribution in [0.3, 0.4) is 0 Å². The standard InChI is InChI=1S/C19H26O6/c1-10-6-7-16(23-13(4)20)11(2)8-18-15(12(3)19(22)25-18)9-17(10)24-14(5)21/h6,8,12,15-18H,7,9H2,1-5H3/b10-6+,11-8+/t12-,15+,16+,17-,18-/m1/s1. The highest BCUT2D eigenvalue weighted by Gasteiger charge is 2.43. The number of carbonyl (C=O) groups excluding carboxylic acids is 3. The van der Waals surface area contributed by atoms with Crippen molar-refractivity contribution in [3.8, 4) is 0 Å². The van der Waals surface area contributed by atoms with E-state index in [-0.39, 0.29) is 29.7 Å².